The third-order valence-corrected chi connectivity index (χ3v) is 5.56. The van der Waals surface area contributed by atoms with Gasteiger partial charge in [-0.1, -0.05) is 0 Å². The number of nitrogens with zero attached hydrogens (tertiary/aromatic N) is 4. The molecule has 0 aliphatic heterocycles. The lowest BCUT2D eigenvalue weighted by Gasteiger charge is -2.19. The van der Waals surface area contributed by atoms with E-state index in [1.807, 2.05) is 12.1 Å². The quantitative estimate of drug-likeness (QED) is 0.538. The standard InChI is InChI=1S/C21H20F2N6O/c1-10-17(14-9-24-26-19(14)20(18(10)23)28(2)3)11-4-5-29-12(6-11)7-16(27-29)25-21(30)13-8-15(13)22/h4-7,9,13,15H,8H2,1-3H3,(H,24,26)(H,25,27,30)/t13-,15+/m1/s1. The Morgan fingerprint density at radius 2 is 2.13 bits per heavy atom. The fourth-order valence-electron chi connectivity index (χ4n) is 3.91. The monoisotopic (exact) mass is 410 g/mol. The molecule has 5 rings (SSSR count). The topological polar surface area (TPSA) is 78.3 Å². The first-order valence-electron chi connectivity index (χ1n) is 9.62. The van der Waals surface area contributed by atoms with Gasteiger partial charge < -0.3 is 10.2 Å². The van der Waals surface area contributed by atoms with Crippen LogP contribution >= 0.6 is 0 Å². The molecule has 0 spiro atoms. The number of hydrogen-bond donors (Lipinski definition) is 2. The molecule has 3 heterocycles. The Labute approximate surface area is 170 Å². The van der Waals surface area contributed by atoms with E-state index in [1.165, 1.54) is 0 Å². The van der Waals surface area contributed by atoms with E-state index in [-0.39, 0.29) is 18.1 Å². The highest BCUT2D eigenvalue weighted by Crippen LogP contribution is 2.39. The first-order chi connectivity index (χ1) is 14.3. The van der Waals surface area contributed by atoms with Crippen LogP contribution in [0.1, 0.15) is 12.0 Å². The first kappa shape index (κ1) is 18.5. The molecule has 0 saturated heterocycles. The number of carbonyl (C=O) groups excluding carboxylic acids is 1. The SMILES string of the molecule is Cc1c(F)c(N(C)C)c2[nH]ncc2c1-c1ccn2nc(NC(=O)[C@@H]3C[C@@H]3F)cc2c1. The van der Waals surface area contributed by atoms with E-state index < -0.39 is 12.1 Å². The molecule has 0 radical (unpaired) electrons. The molecule has 1 aliphatic carbocycles. The van der Waals surface area contributed by atoms with Gasteiger partial charge in [-0.3, -0.25) is 9.89 Å². The summed E-state index contributed by atoms with van der Waals surface area (Å²) in [6.45, 7) is 1.75. The van der Waals surface area contributed by atoms with Crippen LogP contribution in [-0.2, 0) is 4.79 Å². The summed E-state index contributed by atoms with van der Waals surface area (Å²) < 4.78 is 29.9. The molecule has 1 aliphatic rings. The lowest BCUT2D eigenvalue weighted by Crippen LogP contribution is -2.15. The largest absolute Gasteiger partial charge is 0.374 e. The summed E-state index contributed by atoms with van der Waals surface area (Å²) in [5.41, 5.74) is 3.89. The molecule has 1 saturated carbocycles. The number of carbonyl (C=O) groups is 1. The maximum atomic E-state index is 15.2. The van der Waals surface area contributed by atoms with Gasteiger partial charge in [-0.25, -0.2) is 13.3 Å². The highest BCUT2D eigenvalue weighted by atomic mass is 19.1. The molecule has 4 aromatic rings. The number of nitrogens with one attached hydrogen (secondary N) is 2. The van der Waals surface area contributed by atoms with Gasteiger partial charge in [0.05, 0.1) is 28.8 Å². The molecular weight excluding hydrogens is 390 g/mol. The second-order valence-electron chi connectivity index (χ2n) is 7.88. The molecule has 2 atom stereocenters. The van der Waals surface area contributed by atoms with Crippen LogP contribution in [0.2, 0.25) is 0 Å². The fraction of sp³-hybridized carbons (Fsp3) is 0.286. The number of fused-ring (bicyclic) bond motifs is 2. The van der Waals surface area contributed by atoms with E-state index in [0.29, 0.717) is 22.6 Å². The van der Waals surface area contributed by atoms with Crippen LogP contribution < -0.4 is 10.2 Å². The summed E-state index contributed by atoms with van der Waals surface area (Å²) in [6, 6.07) is 5.43. The zero-order valence-corrected chi connectivity index (χ0v) is 16.7. The van der Waals surface area contributed by atoms with Gasteiger partial charge in [-0.05, 0) is 42.2 Å². The number of benzene rings is 1. The van der Waals surface area contributed by atoms with E-state index in [2.05, 4.69) is 20.6 Å². The van der Waals surface area contributed by atoms with Crippen molar-refractivity contribution in [3.05, 3.63) is 42.0 Å². The number of anilines is 2. The zero-order chi connectivity index (χ0) is 21.2. The Morgan fingerprint density at radius 1 is 1.37 bits per heavy atom. The maximum Gasteiger partial charge on any atom is 0.231 e. The summed E-state index contributed by atoms with van der Waals surface area (Å²) in [4.78, 5) is 13.7. The number of hydrogen-bond acceptors (Lipinski definition) is 4. The Morgan fingerprint density at radius 3 is 2.83 bits per heavy atom. The minimum Gasteiger partial charge on any atom is -0.374 e. The van der Waals surface area contributed by atoms with Crippen molar-refractivity contribution in [2.24, 2.45) is 5.92 Å². The van der Waals surface area contributed by atoms with Crippen molar-refractivity contribution in [2.45, 2.75) is 19.5 Å². The third-order valence-electron chi connectivity index (χ3n) is 5.56. The fourth-order valence-corrected chi connectivity index (χ4v) is 3.91. The summed E-state index contributed by atoms with van der Waals surface area (Å²) in [5, 5.41) is 14.8. The number of pyridine rings is 1. The van der Waals surface area contributed by atoms with Crippen molar-refractivity contribution in [3.8, 4) is 11.1 Å². The number of H-pyrrole nitrogens is 1. The van der Waals surface area contributed by atoms with Gasteiger partial charge in [0.15, 0.2) is 11.6 Å². The van der Waals surface area contributed by atoms with Crippen LogP contribution in [-0.4, -0.2) is 46.0 Å². The molecule has 1 aromatic carbocycles. The summed E-state index contributed by atoms with van der Waals surface area (Å²) >= 11 is 0. The number of aromatic nitrogens is 4. The van der Waals surface area contributed by atoms with Crippen LogP contribution in [0, 0.1) is 18.7 Å². The molecule has 9 heteroatoms. The van der Waals surface area contributed by atoms with Gasteiger partial charge in [0.1, 0.15) is 6.17 Å². The van der Waals surface area contributed by atoms with Crippen LogP contribution in [0.25, 0.3) is 27.5 Å². The first-order valence-corrected chi connectivity index (χ1v) is 9.62. The Kier molecular flexibility index (Phi) is 4.02. The van der Waals surface area contributed by atoms with Crippen LogP contribution in [0.3, 0.4) is 0 Å². The van der Waals surface area contributed by atoms with E-state index in [1.54, 1.807) is 48.9 Å². The average Bonchev–Trinajstić information content (AvgIpc) is 3.08. The maximum absolute atomic E-state index is 15.2. The summed E-state index contributed by atoms with van der Waals surface area (Å²) in [7, 11) is 3.58. The molecule has 3 aromatic heterocycles. The van der Waals surface area contributed by atoms with Crippen molar-refractivity contribution < 1.29 is 13.6 Å². The van der Waals surface area contributed by atoms with Crippen LogP contribution in [0.4, 0.5) is 20.3 Å². The second-order valence-corrected chi connectivity index (χ2v) is 7.88. The molecule has 154 valence electrons. The van der Waals surface area contributed by atoms with E-state index >= 15 is 4.39 Å². The zero-order valence-electron chi connectivity index (χ0n) is 16.7. The molecule has 2 N–H and O–H groups in total. The van der Waals surface area contributed by atoms with Gasteiger partial charge in [0.2, 0.25) is 5.91 Å². The van der Waals surface area contributed by atoms with Gasteiger partial charge in [0.25, 0.3) is 0 Å². The summed E-state index contributed by atoms with van der Waals surface area (Å²) in [5.74, 6) is -0.891. The molecule has 30 heavy (non-hydrogen) atoms. The predicted octanol–water partition coefficient (Wildman–Crippen LogP) is 3.69. The van der Waals surface area contributed by atoms with E-state index in [4.69, 9.17) is 0 Å². The molecule has 7 nitrogen and oxygen atoms in total. The number of aromatic amines is 1. The van der Waals surface area contributed by atoms with Crippen molar-refractivity contribution in [2.75, 3.05) is 24.3 Å². The number of halogens is 2. The van der Waals surface area contributed by atoms with Gasteiger partial charge in [0, 0.05) is 31.7 Å². The minimum absolute atomic E-state index is 0.262. The van der Waals surface area contributed by atoms with Gasteiger partial charge in [-0.2, -0.15) is 10.2 Å². The van der Waals surface area contributed by atoms with Crippen molar-refractivity contribution >= 4 is 33.8 Å². The van der Waals surface area contributed by atoms with Crippen LogP contribution in [0.15, 0.2) is 30.6 Å². The smallest absolute Gasteiger partial charge is 0.231 e. The van der Waals surface area contributed by atoms with Gasteiger partial charge in [-0.15, -0.1) is 0 Å². The second kappa shape index (κ2) is 6.51. The highest BCUT2D eigenvalue weighted by Gasteiger charge is 2.43. The number of amides is 1. The third kappa shape index (κ3) is 2.80. The highest BCUT2D eigenvalue weighted by molar-refractivity contribution is 6.03. The Bertz CT molecular complexity index is 1310. The van der Waals surface area contributed by atoms with E-state index in [9.17, 15) is 9.18 Å². The lowest BCUT2D eigenvalue weighted by molar-refractivity contribution is -0.117. The van der Waals surface area contributed by atoms with Crippen LogP contribution in [0.5, 0.6) is 0 Å². The van der Waals surface area contributed by atoms with Crippen molar-refractivity contribution in [3.63, 3.8) is 0 Å². The Hall–Kier alpha value is -3.49. The molecule has 1 fully saturated rings. The predicted molar refractivity (Wildman–Crippen MR) is 111 cm³/mol. The molecular formula is C21H20F2N6O. The number of rotatable bonds is 4. The van der Waals surface area contributed by atoms with Crippen molar-refractivity contribution in [1.82, 2.24) is 19.8 Å². The number of alkyl halides is 1. The lowest BCUT2D eigenvalue weighted by atomic mass is 9.95. The molecule has 0 bridgehead atoms. The van der Waals surface area contributed by atoms with Crippen molar-refractivity contribution in [1.29, 1.82) is 0 Å². The molecule has 0 unspecified atom stereocenters. The minimum atomic E-state index is -1.06. The van der Waals surface area contributed by atoms with Gasteiger partial charge >= 0.3 is 0 Å². The normalized spacial score (nSPS) is 18.2. The summed E-state index contributed by atoms with van der Waals surface area (Å²) in [6.07, 6.45) is 2.64. The van der Waals surface area contributed by atoms with E-state index in [0.717, 1.165) is 22.0 Å². The molecule has 1 amide bonds. The Balaban J connectivity index is 1.59. The average molecular weight is 410 g/mol.